The summed E-state index contributed by atoms with van der Waals surface area (Å²) in [5, 5.41) is 14.9. The number of furan rings is 1. The molecule has 9 heteroatoms. The molecule has 2 aromatic rings. The lowest BCUT2D eigenvalue weighted by Gasteiger charge is -2.32. The van der Waals surface area contributed by atoms with Gasteiger partial charge in [0.1, 0.15) is 23.7 Å². The zero-order valence-corrected chi connectivity index (χ0v) is 17.7. The lowest BCUT2D eigenvalue weighted by atomic mass is 10.1. The van der Waals surface area contributed by atoms with Crippen LogP contribution in [-0.4, -0.2) is 71.6 Å². The predicted octanol–water partition coefficient (Wildman–Crippen LogP) is 1.37. The normalized spacial score (nSPS) is 16.7. The molecule has 1 atom stereocenters. The van der Waals surface area contributed by atoms with Crippen molar-refractivity contribution in [1.82, 2.24) is 30.3 Å². The molecule has 1 aliphatic rings. The van der Waals surface area contributed by atoms with Crippen molar-refractivity contribution in [2.45, 2.75) is 39.8 Å². The standard InChI is InChI=1S/C20H33N7O2/c1-4-19-25-24-15-27(19)9-8-22-20(21-5-2)23-14-17(18-7-6-16(3)29-18)26-10-12-28-13-11-26/h6-7,15,17H,4-5,8-14H2,1-3H3,(H2,21,22,23). The van der Waals surface area contributed by atoms with Crippen LogP contribution in [0.15, 0.2) is 27.9 Å². The minimum Gasteiger partial charge on any atom is -0.465 e. The summed E-state index contributed by atoms with van der Waals surface area (Å²) in [6.07, 6.45) is 2.65. The average Bonchev–Trinajstić information content (AvgIpc) is 3.37. The largest absolute Gasteiger partial charge is 0.465 e. The first-order valence-corrected chi connectivity index (χ1v) is 10.5. The Labute approximate surface area is 172 Å². The fraction of sp³-hybridized carbons (Fsp3) is 0.650. The third-order valence-corrected chi connectivity index (χ3v) is 5.00. The number of guanidine groups is 1. The molecular formula is C20H33N7O2. The van der Waals surface area contributed by atoms with Crippen molar-refractivity contribution in [1.29, 1.82) is 0 Å². The number of aromatic nitrogens is 3. The summed E-state index contributed by atoms with van der Waals surface area (Å²) in [6, 6.07) is 4.18. The number of nitrogens with zero attached hydrogens (tertiary/aromatic N) is 5. The van der Waals surface area contributed by atoms with Gasteiger partial charge < -0.3 is 24.4 Å². The summed E-state index contributed by atoms with van der Waals surface area (Å²) < 4.78 is 13.5. The summed E-state index contributed by atoms with van der Waals surface area (Å²) >= 11 is 0. The second-order valence-corrected chi connectivity index (χ2v) is 7.05. The van der Waals surface area contributed by atoms with Gasteiger partial charge in [-0.1, -0.05) is 6.92 Å². The number of hydrogen-bond donors (Lipinski definition) is 2. The number of aryl methyl sites for hydroxylation is 2. The lowest BCUT2D eigenvalue weighted by molar-refractivity contribution is 0.0135. The first kappa shape index (κ1) is 21.3. The monoisotopic (exact) mass is 403 g/mol. The van der Waals surface area contributed by atoms with Crippen molar-refractivity contribution in [2.24, 2.45) is 4.99 Å². The molecule has 9 nitrogen and oxygen atoms in total. The van der Waals surface area contributed by atoms with E-state index in [2.05, 4.69) is 50.2 Å². The number of ether oxygens (including phenoxy) is 1. The molecule has 0 spiro atoms. The topological polar surface area (TPSA) is 92.7 Å². The van der Waals surface area contributed by atoms with Gasteiger partial charge in [-0.25, -0.2) is 0 Å². The van der Waals surface area contributed by atoms with E-state index in [0.29, 0.717) is 6.54 Å². The Morgan fingerprint density at radius 2 is 2.07 bits per heavy atom. The minimum atomic E-state index is 0.104. The van der Waals surface area contributed by atoms with Crippen molar-refractivity contribution in [2.75, 3.05) is 45.9 Å². The first-order valence-electron chi connectivity index (χ1n) is 10.5. The van der Waals surface area contributed by atoms with Gasteiger partial charge in [0.2, 0.25) is 0 Å². The van der Waals surface area contributed by atoms with Crippen molar-refractivity contribution in [3.63, 3.8) is 0 Å². The van der Waals surface area contributed by atoms with E-state index in [9.17, 15) is 0 Å². The molecule has 1 fully saturated rings. The van der Waals surface area contributed by atoms with Crippen molar-refractivity contribution in [3.05, 3.63) is 35.8 Å². The third-order valence-electron chi connectivity index (χ3n) is 5.00. The lowest BCUT2D eigenvalue weighted by Crippen LogP contribution is -2.42. The smallest absolute Gasteiger partial charge is 0.191 e. The van der Waals surface area contributed by atoms with Gasteiger partial charge in [-0.05, 0) is 26.0 Å². The number of rotatable bonds is 9. The van der Waals surface area contributed by atoms with Crippen LogP contribution in [0.1, 0.15) is 37.2 Å². The van der Waals surface area contributed by atoms with E-state index in [1.165, 1.54) is 0 Å². The summed E-state index contributed by atoms with van der Waals surface area (Å²) in [5.41, 5.74) is 0. The molecule has 0 amide bonds. The Hall–Kier alpha value is -2.39. The molecular weight excluding hydrogens is 370 g/mol. The van der Waals surface area contributed by atoms with Crippen molar-refractivity contribution >= 4 is 5.96 Å². The molecule has 3 heterocycles. The molecule has 3 rings (SSSR count). The van der Waals surface area contributed by atoms with Gasteiger partial charge in [-0.15, -0.1) is 10.2 Å². The van der Waals surface area contributed by atoms with Crippen LogP contribution in [-0.2, 0) is 17.7 Å². The van der Waals surface area contributed by atoms with Gasteiger partial charge in [0.15, 0.2) is 5.96 Å². The van der Waals surface area contributed by atoms with E-state index in [1.54, 1.807) is 6.33 Å². The molecule has 160 valence electrons. The van der Waals surface area contributed by atoms with Crippen LogP contribution in [0.4, 0.5) is 0 Å². The maximum Gasteiger partial charge on any atom is 0.191 e. The number of aliphatic imine (C=N–C) groups is 1. The molecule has 1 aliphatic heterocycles. The highest BCUT2D eigenvalue weighted by atomic mass is 16.5. The van der Waals surface area contributed by atoms with E-state index in [1.807, 2.05) is 13.0 Å². The highest BCUT2D eigenvalue weighted by Crippen LogP contribution is 2.24. The molecule has 0 aromatic carbocycles. The Balaban J connectivity index is 1.63. The van der Waals surface area contributed by atoms with Crippen LogP contribution in [0.3, 0.4) is 0 Å². The molecule has 0 radical (unpaired) electrons. The second kappa shape index (κ2) is 11.0. The third kappa shape index (κ3) is 6.04. The molecule has 2 N–H and O–H groups in total. The van der Waals surface area contributed by atoms with Crippen LogP contribution >= 0.6 is 0 Å². The van der Waals surface area contributed by atoms with Crippen molar-refractivity contribution < 1.29 is 9.15 Å². The highest BCUT2D eigenvalue weighted by molar-refractivity contribution is 5.79. The molecule has 1 saturated heterocycles. The summed E-state index contributed by atoms with van der Waals surface area (Å²) in [7, 11) is 0. The minimum absolute atomic E-state index is 0.104. The maximum atomic E-state index is 5.94. The predicted molar refractivity (Wildman–Crippen MR) is 112 cm³/mol. The van der Waals surface area contributed by atoms with Crippen LogP contribution in [0.2, 0.25) is 0 Å². The Kier molecular flexibility index (Phi) is 8.06. The molecule has 2 aromatic heterocycles. The summed E-state index contributed by atoms with van der Waals surface area (Å²) in [6.45, 7) is 12.4. The second-order valence-electron chi connectivity index (χ2n) is 7.05. The van der Waals surface area contributed by atoms with Crippen LogP contribution in [0, 0.1) is 6.92 Å². The van der Waals surface area contributed by atoms with Gasteiger partial charge in [-0.2, -0.15) is 0 Å². The fourth-order valence-electron chi connectivity index (χ4n) is 3.46. The van der Waals surface area contributed by atoms with Gasteiger partial charge in [0, 0.05) is 39.1 Å². The van der Waals surface area contributed by atoms with E-state index in [-0.39, 0.29) is 6.04 Å². The van der Waals surface area contributed by atoms with Crippen molar-refractivity contribution in [3.8, 4) is 0 Å². The summed E-state index contributed by atoms with van der Waals surface area (Å²) in [5.74, 6) is 3.68. The molecule has 0 aliphatic carbocycles. The average molecular weight is 404 g/mol. The zero-order chi connectivity index (χ0) is 20.5. The number of nitrogens with one attached hydrogen (secondary N) is 2. The van der Waals surface area contributed by atoms with Gasteiger partial charge in [-0.3, -0.25) is 9.89 Å². The Bertz CT molecular complexity index is 764. The molecule has 0 saturated carbocycles. The van der Waals surface area contributed by atoms with Crippen LogP contribution in [0.5, 0.6) is 0 Å². The molecule has 0 bridgehead atoms. The fourth-order valence-corrected chi connectivity index (χ4v) is 3.46. The first-order chi connectivity index (χ1) is 14.2. The van der Waals surface area contributed by atoms with Gasteiger partial charge in [0.25, 0.3) is 0 Å². The van der Waals surface area contributed by atoms with Gasteiger partial charge in [0.05, 0.1) is 25.8 Å². The number of hydrogen-bond acceptors (Lipinski definition) is 6. The van der Waals surface area contributed by atoms with Gasteiger partial charge >= 0.3 is 0 Å². The van der Waals surface area contributed by atoms with Crippen LogP contribution in [0.25, 0.3) is 0 Å². The highest BCUT2D eigenvalue weighted by Gasteiger charge is 2.25. The van der Waals surface area contributed by atoms with Crippen LogP contribution < -0.4 is 10.6 Å². The Morgan fingerprint density at radius 3 is 2.76 bits per heavy atom. The maximum absolute atomic E-state index is 5.94. The van der Waals surface area contributed by atoms with E-state index >= 15 is 0 Å². The summed E-state index contributed by atoms with van der Waals surface area (Å²) in [4.78, 5) is 7.24. The Morgan fingerprint density at radius 1 is 1.24 bits per heavy atom. The zero-order valence-electron chi connectivity index (χ0n) is 17.7. The SMILES string of the molecule is CCNC(=NCC(c1ccc(C)o1)N1CCOCC1)NCCn1cnnc1CC. The number of morpholine rings is 1. The molecule has 1 unspecified atom stereocenters. The quantitative estimate of drug-likeness (QED) is 0.482. The molecule has 29 heavy (non-hydrogen) atoms. The van der Waals surface area contributed by atoms with E-state index in [4.69, 9.17) is 14.1 Å². The van der Waals surface area contributed by atoms with E-state index < -0.39 is 0 Å². The van der Waals surface area contributed by atoms with E-state index in [0.717, 1.165) is 75.7 Å².